The van der Waals surface area contributed by atoms with Crippen LogP contribution in [0.1, 0.15) is 15.9 Å². The van der Waals surface area contributed by atoms with Crippen LogP contribution in [0.3, 0.4) is 0 Å². The van der Waals surface area contributed by atoms with E-state index in [0.29, 0.717) is 24.2 Å². The number of esters is 1. The highest BCUT2D eigenvalue weighted by Crippen LogP contribution is 2.35. The third-order valence-electron chi connectivity index (χ3n) is 2.44. The second-order valence-electron chi connectivity index (χ2n) is 3.28. The molecule has 0 unspecified atom stereocenters. The molecule has 2 N–H and O–H groups in total. The van der Waals surface area contributed by atoms with Crippen LogP contribution in [0.4, 0.5) is 10.1 Å². The molecule has 1 aromatic rings. The smallest absolute Gasteiger partial charge is 0.344 e. The minimum absolute atomic E-state index is 0.318. The minimum atomic E-state index is -0.861. The number of methoxy groups -OCH3 is 1. The summed E-state index contributed by atoms with van der Waals surface area (Å²) in [6, 6.07) is 1.20. The highest BCUT2D eigenvalue weighted by Gasteiger charge is 2.25. The zero-order valence-electron chi connectivity index (χ0n) is 8.13. The molecule has 0 amide bonds. The highest BCUT2D eigenvalue weighted by molar-refractivity contribution is 5.94. The van der Waals surface area contributed by atoms with E-state index >= 15 is 0 Å². The molecule has 1 aromatic carbocycles. The van der Waals surface area contributed by atoms with Gasteiger partial charge in [0.05, 0.1) is 7.11 Å². The van der Waals surface area contributed by atoms with Gasteiger partial charge in [-0.3, -0.25) is 0 Å². The van der Waals surface area contributed by atoms with E-state index in [2.05, 4.69) is 10.1 Å². The van der Waals surface area contributed by atoms with Crippen molar-refractivity contribution in [1.29, 1.82) is 0 Å². The lowest BCUT2D eigenvalue weighted by Crippen LogP contribution is -2.06. The molecule has 5 heteroatoms. The third-order valence-corrected chi connectivity index (χ3v) is 2.44. The zero-order valence-corrected chi connectivity index (χ0v) is 8.13. The Bertz CT molecular complexity index is 431. The van der Waals surface area contributed by atoms with E-state index in [0.717, 1.165) is 7.11 Å². The van der Waals surface area contributed by atoms with Crippen molar-refractivity contribution < 1.29 is 19.0 Å². The molecule has 1 aliphatic rings. The van der Waals surface area contributed by atoms with Crippen LogP contribution in [0.2, 0.25) is 0 Å². The van der Waals surface area contributed by atoms with Crippen molar-refractivity contribution >= 4 is 11.7 Å². The summed E-state index contributed by atoms with van der Waals surface area (Å²) >= 11 is 0. The fraction of sp³-hybridized carbons (Fsp3) is 0.300. The fourth-order valence-corrected chi connectivity index (χ4v) is 1.71. The number of phenolic OH excluding ortho intramolecular Hbond substituents is 1. The first kappa shape index (κ1) is 9.76. The van der Waals surface area contributed by atoms with Gasteiger partial charge in [0.1, 0.15) is 17.1 Å². The molecule has 0 aromatic heterocycles. The van der Waals surface area contributed by atoms with E-state index in [-0.39, 0.29) is 11.3 Å². The number of halogens is 1. The lowest BCUT2D eigenvalue weighted by Gasteiger charge is -2.08. The van der Waals surface area contributed by atoms with Crippen molar-refractivity contribution in [2.24, 2.45) is 0 Å². The number of nitrogens with one attached hydrogen (secondary N) is 1. The minimum Gasteiger partial charge on any atom is -0.507 e. The molecule has 1 heterocycles. The summed E-state index contributed by atoms with van der Waals surface area (Å²) in [5.41, 5.74) is 0.717. The third kappa shape index (κ3) is 1.40. The van der Waals surface area contributed by atoms with Crippen molar-refractivity contribution in [1.82, 2.24) is 0 Å². The highest BCUT2D eigenvalue weighted by atomic mass is 19.1. The quantitative estimate of drug-likeness (QED) is 0.687. The van der Waals surface area contributed by atoms with Crippen molar-refractivity contribution in [2.45, 2.75) is 6.42 Å². The van der Waals surface area contributed by atoms with Crippen LogP contribution in [-0.2, 0) is 11.2 Å². The van der Waals surface area contributed by atoms with Crippen LogP contribution in [0.5, 0.6) is 5.75 Å². The number of ether oxygens (including phenoxy) is 1. The van der Waals surface area contributed by atoms with Crippen molar-refractivity contribution in [3.8, 4) is 5.75 Å². The SMILES string of the molecule is COC(=O)c1c(F)cc2c(c1O)CCN2. The van der Waals surface area contributed by atoms with Gasteiger partial charge in [0.15, 0.2) is 0 Å². The first-order valence-corrected chi connectivity index (χ1v) is 4.51. The van der Waals surface area contributed by atoms with Crippen LogP contribution < -0.4 is 5.32 Å². The number of hydrogen-bond donors (Lipinski definition) is 2. The lowest BCUT2D eigenvalue weighted by atomic mass is 10.1. The van der Waals surface area contributed by atoms with Crippen LogP contribution in [0.25, 0.3) is 0 Å². The van der Waals surface area contributed by atoms with Gasteiger partial charge in [-0.05, 0) is 12.5 Å². The number of carbonyl (C=O) groups excluding carboxylic acids is 1. The average Bonchev–Trinajstić information content (AvgIpc) is 2.65. The summed E-state index contributed by atoms with van der Waals surface area (Å²) in [4.78, 5) is 11.2. The summed E-state index contributed by atoms with van der Waals surface area (Å²) in [5, 5.41) is 12.6. The van der Waals surface area contributed by atoms with E-state index in [1.165, 1.54) is 6.07 Å². The normalized spacial score (nSPS) is 13.2. The van der Waals surface area contributed by atoms with E-state index in [4.69, 9.17) is 0 Å². The van der Waals surface area contributed by atoms with E-state index in [1.54, 1.807) is 0 Å². The molecule has 2 rings (SSSR count). The number of hydrogen-bond acceptors (Lipinski definition) is 4. The molecule has 15 heavy (non-hydrogen) atoms. The van der Waals surface area contributed by atoms with Gasteiger partial charge in [-0.2, -0.15) is 0 Å². The molecule has 1 aliphatic heterocycles. The number of benzene rings is 1. The monoisotopic (exact) mass is 211 g/mol. The molecule has 4 nitrogen and oxygen atoms in total. The molecule has 0 saturated carbocycles. The zero-order chi connectivity index (χ0) is 11.0. The standard InChI is InChI=1S/C10H10FNO3/c1-15-10(14)8-6(11)4-7-5(9(8)13)2-3-12-7/h4,12-13H,2-3H2,1H3. The first-order valence-electron chi connectivity index (χ1n) is 4.51. The number of phenols is 1. The van der Waals surface area contributed by atoms with Crippen molar-refractivity contribution in [2.75, 3.05) is 19.0 Å². The Morgan fingerprint density at radius 1 is 1.67 bits per heavy atom. The van der Waals surface area contributed by atoms with Crippen LogP contribution in [-0.4, -0.2) is 24.7 Å². The summed E-state index contributed by atoms with van der Waals surface area (Å²) in [6.07, 6.45) is 0.575. The van der Waals surface area contributed by atoms with Crippen LogP contribution in [0.15, 0.2) is 6.07 Å². The predicted molar refractivity (Wildman–Crippen MR) is 51.6 cm³/mol. The number of fused-ring (bicyclic) bond motifs is 1. The van der Waals surface area contributed by atoms with Gasteiger partial charge in [0.25, 0.3) is 0 Å². The van der Waals surface area contributed by atoms with Gasteiger partial charge in [0, 0.05) is 17.8 Å². The Kier molecular flexibility index (Phi) is 2.22. The molecule has 80 valence electrons. The van der Waals surface area contributed by atoms with E-state index < -0.39 is 11.8 Å². The Morgan fingerprint density at radius 2 is 2.40 bits per heavy atom. The van der Waals surface area contributed by atoms with E-state index in [1.807, 2.05) is 0 Å². The van der Waals surface area contributed by atoms with Crippen molar-refractivity contribution in [3.63, 3.8) is 0 Å². The van der Waals surface area contributed by atoms with Crippen molar-refractivity contribution in [3.05, 3.63) is 23.0 Å². The number of carbonyl (C=O) groups is 1. The van der Waals surface area contributed by atoms with Gasteiger partial charge in [-0.15, -0.1) is 0 Å². The van der Waals surface area contributed by atoms with Gasteiger partial charge in [-0.1, -0.05) is 0 Å². The lowest BCUT2D eigenvalue weighted by molar-refractivity contribution is 0.0592. The topological polar surface area (TPSA) is 58.6 Å². The maximum atomic E-state index is 13.4. The summed E-state index contributed by atoms with van der Waals surface area (Å²) in [5.74, 6) is -1.95. The summed E-state index contributed by atoms with van der Waals surface area (Å²) in [7, 11) is 1.15. The molecule has 0 spiro atoms. The largest absolute Gasteiger partial charge is 0.507 e. The second kappa shape index (κ2) is 3.42. The number of anilines is 1. The van der Waals surface area contributed by atoms with Crippen LogP contribution >= 0.6 is 0 Å². The maximum Gasteiger partial charge on any atom is 0.344 e. The van der Waals surface area contributed by atoms with Crippen LogP contribution in [0, 0.1) is 5.82 Å². The molecule has 0 saturated heterocycles. The molecule has 0 fully saturated rings. The Hall–Kier alpha value is -1.78. The van der Waals surface area contributed by atoms with Gasteiger partial charge in [-0.25, -0.2) is 9.18 Å². The number of rotatable bonds is 1. The van der Waals surface area contributed by atoms with Gasteiger partial charge < -0.3 is 15.2 Å². The maximum absolute atomic E-state index is 13.4. The molecule has 0 atom stereocenters. The number of aromatic hydroxyl groups is 1. The summed E-state index contributed by atoms with van der Waals surface area (Å²) < 4.78 is 17.8. The fourth-order valence-electron chi connectivity index (χ4n) is 1.71. The molecule has 0 radical (unpaired) electrons. The molecule has 0 bridgehead atoms. The Balaban J connectivity index is 2.61. The molecular weight excluding hydrogens is 201 g/mol. The van der Waals surface area contributed by atoms with E-state index in [9.17, 15) is 14.3 Å². The Labute approximate surface area is 85.7 Å². The predicted octanol–water partition coefficient (Wildman–Crippen LogP) is 1.29. The second-order valence-corrected chi connectivity index (χ2v) is 3.28. The Morgan fingerprint density at radius 3 is 3.07 bits per heavy atom. The van der Waals surface area contributed by atoms with Gasteiger partial charge in [0.2, 0.25) is 0 Å². The molecule has 0 aliphatic carbocycles. The summed E-state index contributed by atoms with van der Waals surface area (Å²) in [6.45, 7) is 0.632. The average molecular weight is 211 g/mol. The molecular formula is C10H10FNO3. The first-order chi connectivity index (χ1) is 7.15. The van der Waals surface area contributed by atoms with Gasteiger partial charge >= 0.3 is 5.97 Å².